The van der Waals surface area contributed by atoms with Crippen LogP contribution in [0.25, 0.3) is 0 Å². The lowest BCUT2D eigenvalue weighted by Crippen LogP contribution is -2.51. The number of ether oxygens (including phenoxy) is 2. The van der Waals surface area contributed by atoms with Gasteiger partial charge in [0.1, 0.15) is 23.1 Å². The molecule has 0 spiro atoms. The number of rotatable bonds is 2. The topological polar surface area (TPSA) is 102 Å². The monoisotopic (exact) mass is 438 g/mol. The summed E-state index contributed by atoms with van der Waals surface area (Å²) in [6.07, 6.45) is 2.55. The Balaban J connectivity index is 1.59. The van der Waals surface area contributed by atoms with Crippen LogP contribution in [0.15, 0.2) is 36.4 Å². The van der Waals surface area contributed by atoms with Crippen molar-refractivity contribution in [3.05, 3.63) is 58.7 Å². The molecule has 4 rings (SSSR count). The molecule has 2 atom stereocenters. The van der Waals surface area contributed by atoms with Crippen LogP contribution in [-0.4, -0.2) is 33.7 Å². The molecule has 0 bridgehead atoms. The molecule has 0 unspecified atom stereocenters. The number of nitrogens with zero attached hydrogens (tertiary/aromatic N) is 1. The summed E-state index contributed by atoms with van der Waals surface area (Å²) in [7, 11) is 0. The van der Waals surface area contributed by atoms with Gasteiger partial charge >= 0.3 is 12.1 Å². The molecule has 0 saturated carbocycles. The van der Waals surface area contributed by atoms with E-state index in [0.717, 1.165) is 41.5 Å². The van der Waals surface area contributed by atoms with Crippen molar-refractivity contribution in [2.45, 2.75) is 70.7 Å². The van der Waals surface area contributed by atoms with Gasteiger partial charge < -0.3 is 20.3 Å². The van der Waals surface area contributed by atoms with Crippen LogP contribution in [-0.2, 0) is 28.9 Å². The Hall–Kier alpha value is -3.06. The van der Waals surface area contributed by atoms with E-state index in [4.69, 9.17) is 15.2 Å². The van der Waals surface area contributed by atoms with Gasteiger partial charge in [-0.25, -0.2) is 9.59 Å². The van der Waals surface area contributed by atoms with E-state index in [1.807, 2.05) is 12.1 Å². The van der Waals surface area contributed by atoms with Crippen LogP contribution in [0.3, 0.4) is 0 Å². The van der Waals surface area contributed by atoms with Gasteiger partial charge in [-0.2, -0.15) is 0 Å². The molecular weight excluding hydrogens is 408 g/mol. The van der Waals surface area contributed by atoms with Crippen molar-refractivity contribution in [1.82, 2.24) is 4.90 Å². The molecule has 1 aliphatic heterocycles. The maximum Gasteiger partial charge on any atom is 0.411 e. The maximum absolute atomic E-state index is 13.2. The third kappa shape index (κ3) is 4.72. The van der Waals surface area contributed by atoms with Gasteiger partial charge in [0.15, 0.2) is 0 Å². The van der Waals surface area contributed by atoms with Crippen molar-refractivity contribution in [3.63, 3.8) is 0 Å². The molecule has 2 aromatic rings. The quantitative estimate of drug-likeness (QED) is 0.543. The maximum atomic E-state index is 13.2. The average molecular weight is 439 g/mol. The van der Waals surface area contributed by atoms with Crippen molar-refractivity contribution in [2.24, 2.45) is 5.73 Å². The molecule has 7 heteroatoms. The van der Waals surface area contributed by atoms with Gasteiger partial charge in [-0.15, -0.1) is 0 Å². The van der Waals surface area contributed by atoms with E-state index in [1.54, 1.807) is 45.0 Å². The summed E-state index contributed by atoms with van der Waals surface area (Å²) in [5, 5.41) is 9.85. The summed E-state index contributed by atoms with van der Waals surface area (Å²) in [4.78, 5) is 27.5. The molecule has 0 saturated heterocycles. The minimum absolute atomic E-state index is 0.0115. The highest BCUT2D eigenvalue weighted by Gasteiger charge is 2.38. The predicted molar refractivity (Wildman–Crippen MR) is 119 cm³/mol. The first-order chi connectivity index (χ1) is 15.1. The molecule has 32 heavy (non-hydrogen) atoms. The zero-order valence-electron chi connectivity index (χ0n) is 18.8. The molecule has 1 aliphatic carbocycles. The van der Waals surface area contributed by atoms with Crippen molar-refractivity contribution >= 4 is 12.1 Å². The first-order valence-corrected chi connectivity index (χ1v) is 11.0. The van der Waals surface area contributed by atoms with Gasteiger partial charge in [0.05, 0.1) is 6.54 Å². The SMILES string of the molecule is CC(C)(C)OC(=O)N1Cc2cc(O)ccc2C[C@H]1C(=O)Oc1ccc2c(c1)CCC[C@H]2N. The van der Waals surface area contributed by atoms with Crippen molar-refractivity contribution < 1.29 is 24.2 Å². The number of phenolic OH excluding ortho intramolecular Hbond substituents is 1. The summed E-state index contributed by atoms with van der Waals surface area (Å²) in [5.74, 6) is 0.0410. The number of esters is 1. The Morgan fingerprint density at radius 3 is 2.62 bits per heavy atom. The van der Waals surface area contributed by atoms with E-state index in [0.29, 0.717) is 5.75 Å². The van der Waals surface area contributed by atoms with Gasteiger partial charge in [-0.05, 0) is 86.6 Å². The number of fused-ring (bicyclic) bond motifs is 2. The van der Waals surface area contributed by atoms with Crippen LogP contribution in [0.1, 0.15) is 61.9 Å². The van der Waals surface area contributed by atoms with E-state index in [-0.39, 0.29) is 24.8 Å². The van der Waals surface area contributed by atoms with E-state index >= 15 is 0 Å². The molecule has 3 N–H and O–H groups in total. The fourth-order valence-corrected chi connectivity index (χ4v) is 4.37. The summed E-state index contributed by atoms with van der Waals surface area (Å²) >= 11 is 0. The Morgan fingerprint density at radius 2 is 1.88 bits per heavy atom. The average Bonchev–Trinajstić information content (AvgIpc) is 2.71. The van der Waals surface area contributed by atoms with Crippen molar-refractivity contribution in [3.8, 4) is 11.5 Å². The van der Waals surface area contributed by atoms with Crippen LogP contribution in [0.5, 0.6) is 11.5 Å². The third-order valence-corrected chi connectivity index (χ3v) is 5.91. The highest BCUT2D eigenvalue weighted by atomic mass is 16.6. The number of hydrogen-bond acceptors (Lipinski definition) is 6. The van der Waals surface area contributed by atoms with E-state index < -0.39 is 23.7 Å². The first kappa shape index (κ1) is 22.1. The van der Waals surface area contributed by atoms with Gasteiger partial charge in [0.2, 0.25) is 0 Å². The third-order valence-electron chi connectivity index (χ3n) is 5.91. The van der Waals surface area contributed by atoms with Gasteiger partial charge in [-0.1, -0.05) is 12.1 Å². The van der Waals surface area contributed by atoms with Crippen molar-refractivity contribution in [1.29, 1.82) is 0 Å². The second-order valence-electron chi connectivity index (χ2n) is 9.56. The second kappa shape index (κ2) is 8.47. The van der Waals surface area contributed by atoms with Crippen LogP contribution in [0.2, 0.25) is 0 Å². The largest absolute Gasteiger partial charge is 0.508 e. The minimum atomic E-state index is -0.833. The highest BCUT2D eigenvalue weighted by Crippen LogP contribution is 2.32. The molecule has 0 aromatic heterocycles. The molecule has 7 nitrogen and oxygen atoms in total. The number of amides is 1. The summed E-state index contributed by atoms with van der Waals surface area (Å²) in [5.41, 5.74) is 9.35. The van der Waals surface area contributed by atoms with Crippen LogP contribution >= 0.6 is 0 Å². The molecule has 0 fully saturated rings. The second-order valence-corrected chi connectivity index (χ2v) is 9.56. The Labute approximate surface area is 188 Å². The van der Waals surface area contributed by atoms with E-state index in [2.05, 4.69) is 0 Å². The molecule has 2 aliphatic rings. The summed E-state index contributed by atoms with van der Waals surface area (Å²) < 4.78 is 11.3. The Morgan fingerprint density at radius 1 is 1.09 bits per heavy atom. The highest BCUT2D eigenvalue weighted by molar-refractivity contribution is 5.84. The molecule has 2 aromatic carbocycles. The van der Waals surface area contributed by atoms with Gasteiger partial charge in [0.25, 0.3) is 0 Å². The number of aryl methyl sites for hydroxylation is 1. The number of aromatic hydroxyl groups is 1. The number of carbonyl (C=O) groups is 2. The fraction of sp³-hybridized carbons (Fsp3) is 0.440. The number of phenols is 1. The number of hydrogen-bond donors (Lipinski definition) is 2. The van der Waals surface area contributed by atoms with Crippen molar-refractivity contribution in [2.75, 3.05) is 0 Å². The smallest absolute Gasteiger partial charge is 0.411 e. The number of carbonyl (C=O) groups excluding carboxylic acids is 2. The van der Waals surface area contributed by atoms with E-state index in [1.165, 1.54) is 4.90 Å². The molecular formula is C25H30N2O5. The Kier molecular flexibility index (Phi) is 5.86. The molecule has 1 heterocycles. The predicted octanol–water partition coefficient (Wildman–Crippen LogP) is 4.00. The fourth-order valence-electron chi connectivity index (χ4n) is 4.37. The number of benzene rings is 2. The number of nitrogens with two attached hydrogens (primary N) is 1. The van der Waals surface area contributed by atoms with Gasteiger partial charge in [-0.3, -0.25) is 4.90 Å². The molecule has 0 radical (unpaired) electrons. The van der Waals surface area contributed by atoms with Crippen LogP contribution in [0, 0.1) is 0 Å². The lowest BCUT2D eigenvalue weighted by molar-refractivity contribution is -0.141. The zero-order valence-corrected chi connectivity index (χ0v) is 18.8. The molecule has 1 amide bonds. The van der Waals surface area contributed by atoms with Gasteiger partial charge in [0, 0.05) is 12.5 Å². The standard InChI is InChI=1S/C25H30N2O5/c1-25(2,3)32-24(30)27-14-17-11-18(28)8-7-15(17)13-22(27)23(29)31-19-9-10-20-16(12-19)5-4-6-21(20)26/h7-12,21-22,28H,4-6,13-14,26H2,1-3H3/t21-,22+/m1/s1. The lowest BCUT2D eigenvalue weighted by Gasteiger charge is -2.36. The first-order valence-electron chi connectivity index (χ1n) is 11.0. The summed E-state index contributed by atoms with van der Waals surface area (Å²) in [6, 6.07) is 9.70. The minimum Gasteiger partial charge on any atom is -0.508 e. The van der Waals surface area contributed by atoms with Crippen LogP contribution < -0.4 is 10.5 Å². The van der Waals surface area contributed by atoms with Crippen LogP contribution in [0.4, 0.5) is 4.79 Å². The van der Waals surface area contributed by atoms with E-state index in [9.17, 15) is 14.7 Å². The normalized spacial score (nSPS) is 20.2. The summed E-state index contributed by atoms with van der Waals surface area (Å²) in [6.45, 7) is 5.48. The molecule has 170 valence electrons. The zero-order chi connectivity index (χ0) is 23.0. The lowest BCUT2D eigenvalue weighted by atomic mass is 9.88. The Bertz CT molecular complexity index is 1040.